The van der Waals surface area contributed by atoms with Crippen LogP contribution in [-0.4, -0.2) is 31.7 Å². The third kappa shape index (κ3) is 4.45. The van der Waals surface area contributed by atoms with Crippen molar-refractivity contribution in [3.63, 3.8) is 0 Å². The van der Waals surface area contributed by atoms with Crippen molar-refractivity contribution in [3.05, 3.63) is 29.8 Å². The summed E-state index contributed by atoms with van der Waals surface area (Å²) >= 11 is 0. The SMILES string of the molecule is O=C(NCCC1CCCN1)c1cccc(OC(F)F)c1. The highest BCUT2D eigenvalue weighted by Gasteiger charge is 2.14. The van der Waals surface area contributed by atoms with Crippen LogP contribution in [0.5, 0.6) is 5.75 Å². The summed E-state index contributed by atoms with van der Waals surface area (Å²) in [6.07, 6.45) is 3.18. The Morgan fingerprint density at radius 3 is 3.05 bits per heavy atom. The summed E-state index contributed by atoms with van der Waals surface area (Å²) in [5.41, 5.74) is 0.322. The molecule has 1 aliphatic rings. The quantitative estimate of drug-likeness (QED) is 0.841. The van der Waals surface area contributed by atoms with Crippen molar-refractivity contribution in [1.82, 2.24) is 10.6 Å². The highest BCUT2D eigenvalue weighted by atomic mass is 19.3. The molecule has 1 aromatic carbocycles. The summed E-state index contributed by atoms with van der Waals surface area (Å²) in [5.74, 6) is -0.284. The third-order valence-electron chi connectivity index (χ3n) is 3.26. The Hall–Kier alpha value is -1.69. The van der Waals surface area contributed by atoms with E-state index in [0.717, 1.165) is 19.4 Å². The van der Waals surface area contributed by atoms with Crippen LogP contribution in [0.1, 0.15) is 29.6 Å². The zero-order valence-electron chi connectivity index (χ0n) is 11.1. The fourth-order valence-electron chi connectivity index (χ4n) is 2.28. The number of hydrogen-bond acceptors (Lipinski definition) is 3. The number of alkyl halides is 2. The van der Waals surface area contributed by atoms with Crippen molar-refractivity contribution in [2.24, 2.45) is 0 Å². The Balaban J connectivity index is 1.81. The molecular weight excluding hydrogens is 266 g/mol. The van der Waals surface area contributed by atoms with Gasteiger partial charge in [0.15, 0.2) is 0 Å². The molecule has 0 spiro atoms. The van der Waals surface area contributed by atoms with Gasteiger partial charge >= 0.3 is 6.61 Å². The Bertz CT molecular complexity index is 449. The van der Waals surface area contributed by atoms with Gasteiger partial charge in [-0.2, -0.15) is 8.78 Å². The summed E-state index contributed by atoms with van der Waals surface area (Å²) in [7, 11) is 0. The Labute approximate surface area is 116 Å². The summed E-state index contributed by atoms with van der Waals surface area (Å²) in [4.78, 5) is 11.9. The number of benzene rings is 1. The molecule has 0 radical (unpaired) electrons. The van der Waals surface area contributed by atoms with Gasteiger partial charge in [-0.3, -0.25) is 4.79 Å². The van der Waals surface area contributed by atoms with Crippen molar-refractivity contribution in [3.8, 4) is 5.75 Å². The number of nitrogens with one attached hydrogen (secondary N) is 2. The monoisotopic (exact) mass is 284 g/mol. The molecule has 1 aliphatic heterocycles. The van der Waals surface area contributed by atoms with Crippen molar-refractivity contribution >= 4 is 5.91 Å². The predicted molar refractivity (Wildman–Crippen MR) is 71.0 cm³/mol. The van der Waals surface area contributed by atoms with E-state index in [1.54, 1.807) is 6.07 Å². The van der Waals surface area contributed by atoms with Gasteiger partial charge in [0.2, 0.25) is 0 Å². The van der Waals surface area contributed by atoms with Gasteiger partial charge in [0.25, 0.3) is 5.91 Å². The molecule has 2 rings (SSSR count). The molecule has 1 heterocycles. The number of hydrogen-bond donors (Lipinski definition) is 2. The second-order valence-electron chi connectivity index (χ2n) is 4.74. The fourth-order valence-corrected chi connectivity index (χ4v) is 2.28. The fraction of sp³-hybridized carbons (Fsp3) is 0.500. The van der Waals surface area contributed by atoms with Crippen LogP contribution >= 0.6 is 0 Å². The zero-order valence-corrected chi connectivity index (χ0v) is 11.1. The van der Waals surface area contributed by atoms with E-state index in [2.05, 4.69) is 15.4 Å². The number of carbonyl (C=O) groups excluding carboxylic acids is 1. The van der Waals surface area contributed by atoms with Crippen LogP contribution < -0.4 is 15.4 Å². The molecule has 0 bridgehead atoms. The smallest absolute Gasteiger partial charge is 0.387 e. The number of halogens is 2. The summed E-state index contributed by atoms with van der Waals surface area (Å²) < 4.78 is 28.5. The number of rotatable bonds is 6. The molecule has 6 heteroatoms. The molecule has 1 saturated heterocycles. The normalized spacial score (nSPS) is 18.2. The second-order valence-corrected chi connectivity index (χ2v) is 4.74. The summed E-state index contributed by atoms with van der Waals surface area (Å²) in [6.45, 7) is -1.29. The van der Waals surface area contributed by atoms with E-state index in [9.17, 15) is 13.6 Å². The van der Waals surface area contributed by atoms with E-state index in [0.29, 0.717) is 18.2 Å². The number of ether oxygens (including phenoxy) is 1. The average Bonchev–Trinajstić information content (AvgIpc) is 2.91. The predicted octanol–water partition coefficient (Wildman–Crippen LogP) is 2.16. The molecule has 1 unspecified atom stereocenters. The Kier molecular flexibility index (Phi) is 5.29. The maximum Gasteiger partial charge on any atom is 0.387 e. The van der Waals surface area contributed by atoms with Crippen LogP contribution in [-0.2, 0) is 0 Å². The lowest BCUT2D eigenvalue weighted by molar-refractivity contribution is -0.0498. The van der Waals surface area contributed by atoms with Crippen molar-refractivity contribution in [1.29, 1.82) is 0 Å². The summed E-state index contributed by atoms with van der Waals surface area (Å²) in [5, 5.41) is 6.13. The standard InChI is InChI=1S/C14H18F2N2O2/c15-14(16)20-12-5-1-3-10(9-12)13(19)18-8-6-11-4-2-7-17-11/h1,3,5,9,11,14,17H,2,4,6-8H2,(H,18,19). The van der Waals surface area contributed by atoms with Crippen LogP contribution in [0.4, 0.5) is 8.78 Å². The molecule has 0 aromatic heterocycles. The van der Waals surface area contributed by atoms with Gasteiger partial charge in [0, 0.05) is 18.2 Å². The zero-order chi connectivity index (χ0) is 14.4. The highest BCUT2D eigenvalue weighted by Crippen LogP contribution is 2.16. The van der Waals surface area contributed by atoms with Crippen molar-refractivity contribution in [2.45, 2.75) is 31.9 Å². The number of amides is 1. The Morgan fingerprint density at radius 2 is 2.35 bits per heavy atom. The second kappa shape index (κ2) is 7.19. The first-order chi connectivity index (χ1) is 9.65. The minimum atomic E-state index is -2.89. The van der Waals surface area contributed by atoms with Crippen molar-refractivity contribution < 1.29 is 18.3 Å². The van der Waals surface area contributed by atoms with Gasteiger partial charge in [0.1, 0.15) is 5.75 Å². The van der Waals surface area contributed by atoms with Crippen LogP contribution in [0.2, 0.25) is 0 Å². The first-order valence-electron chi connectivity index (χ1n) is 6.71. The molecule has 2 N–H and O–H groups in total. The largest absolute Gasteiger partial charge is 0.435 e. The molecule has 1 atom stereocenters. The molecule has 0 aliphatic carbocycles. The molecule has 1 aromatic rings. The van der Waals surface area contributed by atoms with E-state index in [4.69, 9.17) is 0 Å². The first-order valence-corrected chi connectivity index (χ1v) is 6.71. The molecule has 20 heavy (non-hydrogen) atoms. The van der Waals surface area contributed by atoms with Gasteiger partial charge in [0.05, 0.1) is 0 Å². The molecule has 1 fully saturated rings. The molecule has 1 amide bonds. The van der Waals surface area contributed by atoms with Crippen LogP contribution in [0.25, 0.3) is 0 Å². The maximum absolute atomic E-state index is 12.1. The van der Waals surface area contributed by atoms with Gasteiger partial charge in [-0.25, -0.2) is 0 Å². The third-order valence-corrected chi connectivity index (χ3v) is 3.26. The minimum absolute atomic E-state index is 0.00916. The lowest BCUT2D eigenvalue weighted by atomic mass is 10.1. The molecule has 0 saturated carbocycles. The minimum Gasteiger partial charge on any atom is -0.435 e. The average molecular weight is 284 g/mol. The Morgan fingerprint density at radius 1 is 1.50 bits per heavy atom. The van der Waals surface area contributed by atoms with E-state index in [-0.39, 0.29) is 11.7 Å². The van der Waals surface area contributed by atoms with E-state index >= 15 is 0 Å². The first kappa shape index (κ1) is 14.7. The molecular formula is C14H18F2N2O2. The maximum atomic E-state index is 12.1. The van der Waals surface area contributed by atoms with E-state index < -0.39 is 6.61 Å². The highest BCUT2D eigenvalue weighted by molar-refractivity contribution is 5.94. The number of carbonyl (C=O) groups is 1. The summed E-state index contributed by atoms with van der Waals surface area (Å²) in [6, 6.07) is 6.26. The topological polar surface area (TPSA) is 50.4 Å². The lowest BCUT2D eigenvalue weighted by Gasteiger charge is -2.11. The van der Waals surface area contributed by atoms with Gasteiger partial charge in [-0.1, -0.05) is 6.07 Å². The van der Waals surface area contributed by atoms with Crippen LogP contribution in [0.3, 0.4) is 0 Å². The molecule has 110 valence electrons. The molecule has 4 nitrogen and oxygen atoms in total. The van der Waals surface area contributed by atoms with E-state index in [1.165, 1.54) is 24.6 Å². The van der Waals surface area contributed by atoms with E-state index in [1.807, 2.05) is 0 Å². The van der Waals surface area contributed by atoms with Gasteiger partial charge in [-0.05, 0) is 44.0 Å². The van der Waals surface area contributed by atoms with Gasteiger partial charge < -0.3 is 15.4 Å². The van der Waals surface area contributed by atoms with Gasteiger partial charge in [-0.15, -0.1) is 0 Å². The van der Waals surface area contributed by atoms with Crippen molar-refractivity contribution in [2.75, 3.05) is 13.1 Å². The lowest BCUT2D eigenvalue weighted by Crippen LogP contribution is -2.30. The van der Waals surface area contributed by atoms with Crippen LogP contribution in [0.15, 0.2) is 24.3 Å². The van der Waals surface area contributed by atoms with Crippen LogP contribution in [0, 0.1) is 0 Å².